The number of nitrogens with zero attached hydrogens (tertiary/aromatic N) is 6. The molecule has 182 valence electrons. The molecular weight excluding hydrogens is 434 g/mol. The van der Waals surface area contributed by atoms with Gasteiger partial charge in [-0.3, -0.25) is 9.48 Å². The zero-order chi connectivity index (χ0) is 24.1. The Hall–Kier alpha value is -3.31. The zero-order valence-corrected chi connectivity index (χ0v) is 20.3. The van der Waals surface area contributed by atoms with Gasteiger partial charge in [0.25, 0.3) is 5.91 Å². The van der Waals surface area contributed by atoms with Gasteiger partial charge in [0.1, 0.15) is 16.9 Å². The molecule has 1 atom stereocenters. The second-order valence-electron chi connectivity index (χ2n) is 8.58. The molecule has 0 radical (unpaired) electrons. The van der Waals surface area contributed by atoms with Crippen molar-refractivity contribution in [1.29, 1.82) is 0 Å². The number of likely N-dealkylation sites (tertiary alicyclic amines) is 1. The van der Waals surface area contributed by atoms with E-state index in [4.69, 9.17) is 14.7 Å². The van der Waals surface area contributed by atoms with E-state index in [9.17, 15) is 4.79 Å². The number of nitrogens with one attached hydrogen (secondary N) is 3. The molecule has 3 aromatic heterocycles. The number of ether oxygens (including phenoxy) is 1. The molecule has 1 saturated heterocycles. The first-order chi connectivity index (χ1) is 16.5. The van der Waals surface area contributed by atoms with E-state index in [1.165, 1.54) is 0 Å². The van der Waals surface area contributed by atoms with E-state index in [1.807, 2.05) is 26.0 Å². The van der Waals surface area contributed by atoms with Gasteiger partial charge in [-0.1, -0.05) is 0 Å². The Balaban J connectivity index is 1.76. The Kier molecular flexibility index (Phi) is 7.53. The van der Waals surface area contributed by atoms with Gasteiger partial charge in [-0.2, -0.15) is 10.1 Å². The normalized spacial score (nSPS) is 16.2. The lowest BCUT2D eigenvalue weighted by atomic mass is 10.1. The molecule has 0 aromatic carbocycles. The van der Waals surface area contributed by atoms with Crippen LogP contribution >= 0.6 is 0 Å². The Labute approximate surface area is 199 Å². The highest BCUT2D eigenvalue weighted by atomic mass is 16.5. The van der Waals surface area contributed by atoms with Crippen molar-refractivity contribution in [2.75, 3.05) is 57.6 Å². The number of carbonyl (C=O) groups excluding carboxylic acids is 1. The molecule has 1 fully saturated rings. The Morgan fingerprint density at radius 2 is 2.18 bits per heavy atom. The number of aromatic nitrogens is 5. The standard InChI is InChI=1S/C23H33N9O2/c1-5-34-11-10-32-20-18(19(30-32)22(33)24-3)28-23(26-13-16-7-9-31(4)14-16)29-21(20)27-17-12-15(2)6-8-25-17/h6,8,12,16H,5,7,9-11,13-14H2,1-4H3,(H,24,33)(H2,25,26,27,28,29)/t16-/m1/s1. The Morgan fingerprint density at radius 3 is 2.88 bits per heavy atom. The van der Waals surface area contributed by atoms with Crippen molar-refractivity contribution in [3.8, 4) is 0 Å². The minimum atomic E-state index is -0.304. The van der Waals surface area contributed by atoms with Crippen molar-refractivity contribution < 1.29 is 9.53 Å². The third-order valence-electron chi connectivity index (χ3n) is 5.88. The lowest BCUT2D eigenvalue weighted by molar-refractivity contribution is 0.0957. The number of hydrogen-bond donors (Lipinski definition) is 3. The van der Waals surface area contributed by atoms with Crippen molar-refractivity contribution in [2.24, 2.45) is 5.92 Å². The van der Waals surface area contributed by atoms with Crippen molar-refractivity contribution in [3.05, 3.63) is 29.6 Å². The minimum Gasteiger partial charge on any atom is -0.380 e. The highest BCUT2D eigenvalue weighted by Gasteiger charge is 2.24. The minimum absolute atomic E-state index is 0.250. The first kappa shape index (κ1) is 23.8. The van der Waals surface area contributed by atoms with Gasteiger partial charge < -0.3 is 25.6 Å². The molecule has 1 aliphatic rings. The van der Waals surface area contributed by atoms with Crippen LogP contribution in [-0.4, -0.2) is 82.5 Å². The lowest BCUT2D eigenvalue weighted by Gasteiger charge is -2.14. The molecule has 1 aliphatic heterocycles. The number of carbonyl (C=O) groups is 1. The molecule has 0 saturated carbocycles. The number of pyridine rings is 1. The summed E-state index contributed by atoms with van der Waals surface area (Å²) in [5.74, 6) is 1.86. The Morgan fingerprint density at radius 1 is 1.32 bits per heavy atom. The lowest BCUT2D eigenvalue weighted by Crippen LogP contribution is -2.20. The molecule has 3 N–H and O–H groups in total. The molecule has 11 nitrogen and oxygen atoms in total. The molecule has 0 unspecified atom stereocenters. The van der Waals surface area contributed by atoms with E-state index < -0.39 is 0 Å². The van der Waals surface area contributed by atoms with Crippen LogP contribution < -0.4 is 16.0 Å². The monoisotopic (exact) mass is 467 g/mol. The van der Waals surface area contributed by atoms with E-state index in [0.29, 0.717) is 54.3 Å². The van der Waals surface area contributed by atoms with Gasteiger partial charge in [0.15, 0.2) is 11.5 Å². The van der Waals surface area contributed by atoms with E-state index in [1.54, 1.807) is 17.9 Å². The van der Waals surface area contributed by atoms with Gasteiger partial charge in [-0.15, -0.1) is 0 Å². The smallest absolute Gasteiger partial charge is 0.273 e. The van der Waals surface area contributed by atoms with Crippen LogP contribution in [-0.2, 0) is 11.3 Å². The summed E-state index contributed by atoms with van der Waals surface area (Å²) in [7, 11) is 3.71. The molecule has 3 aromatic rings. The molecule has 34 heavy (non-hydrogen) atoms. The summed E-state index contributed by atoms with van der Waals surface area (Å²) in [4.78, 5) is 28.9. The number of fused-ring (bicyclic) bond motifs is 1. The number of hydrogen-bond acceptors (Lipinski definition) is 9. The van der Waals surface area contributed by atoms with Crippen LogP contribution in [0.15, 0.2) is 18.3 Å². The second-order valence-corrected chi connectivity index (χ2v) is 8.58. The zero-order valence-electron chi connectivity index (χ0n) is 20.3. The molecule has 0 aliphatic carbocycles. The van der Waals surface area contributed by atoms with Crippen molar-refractivity contribution in [3.63, 3.8) is 0 Å². The highest BCUT2D eigenvalue weighted by Crippen LogP contribution is 2.28. The summed E-state index contributed by atoms with van der Waals surface area (Å²) < 4.78 is 7.26. The summed E-state index contributed by atoms with van der Waals surface area (Å²) >= 11 is 0. The fourth-order valence-electron chi connectivity index (χ4n) is 4.13. The first-order valence-corrected chi connectivity index (χ1v) is 11.7. The highest BCUT2D eigenvalue weighted by molar-refractivity contribution is 6.06. The van der Waals surface area contributed by atoms with Crippen LogP contribution in [0, 0.1) is 12.8 Å². The first-order valence-electron chi connectivity index (χ1n) is 11.7. The predicted molar refractivity (Wildman–Crippen MR) is 132 cm³/mol. The van der Waals surface area contributed by atoms with Crippen LogP contribution in [0.2, 0.25) is 0 Å². The molecule has 4 rings (SSSR count). The SMILES string of the molecule is CCOCCn1nc(C(=O)NC)c2nc(NC[C@H]3CCN(C)C3)nc(Nc3cc(C)ccn3)c21. The third kappa shape index (κ3) is 5.42. The summed E-state index contributed by atoms with van der Waals surface area (Å²) in [6.07, 6.45) is 2.87. The molecule has 11 heteroatoms. The van der Waals surface area contributed by atoms with E-state index in [-0.39, 0.29) is 11.6 Å². The fourth-order valence-corrected chi connectivity index (χ4v) is 4.13. The summed E-state index contributed by atoms with van der Waals surface area (Å²) in [6, 6.07) is 3.87. The van der Waals surface area contributed by atoms with Crippen molar-refractivity contribution in [1.82, 2.24) is 34.9 Å². The van der Waals surface area contributed by atoms with Gasteiger partial charge in [-0.05, 0) is 57.5 Å². The number of rotatable bonds is 10. The maximum absolute atomic E-state index is 12.7. The molecule has 0 bridgehead atoms. The molecule has 4 heterocycles. The van der Waals surface area contributed by atoms with Crippen molar-refractivity contribution >= 4 is 34.5 Å². The number of anilines is 3. The average molecular weight is 468 g/mol. The van der Waals surface area contributed by atoms with Crippen molar-refractivity contribution in [2.45, 2.75) is 26.8 Å². The fraction of sp³-hybridized carbons (Fsp3) is 0.522. The Bertz CT molecular complexity index is 1150. The van der Waals surface area contributed by atoms with E-state index >= 15 is 0 Å². The predicted octanol–water partition coefficient (Wildman–Crippen LogP) is 2.03. The maximum atomic E-state index is 12.7. The van der Waals surface area contributed by atoms with Crippen LogP contribution in [0.1, 0.15) is 29.4 Å². The number of amides is 1. The molecule has 0 spiro atoms. The van der Waals surface area contributed by atoms with Crippen LogP contribution in [0.25, 0.3) is 11.0 Å². The largest absolute Gasteiger partial charge is 0.380 e. The molecular formula is C23H33N9O2. The quantitative estimate of drug-likeness (QED) is 0.384. The van der Waals surface area contributed by atoms with Gasteiger partial charge >= 0.3 is 0 Å². The maximum Gasteiger partial charge on any atom is 0.273 e. The molecule has 1 amide bonds. The van der Waals surface area contributed by atoms with Gasteiger partial charge in [0.2, 0.25) is 5.95 Å². The van der Waals surface area contributed by atoms with Crippen LogP contribution in [0.5, 0.6) is 0 Å². The van der Waals surface area contributed by atoms with Gasteiger partial charge in [0.05, 0.1) is 13.2 Å². The number of aryl methyl sites for hydroxylation is 1. The topological polar surface area (TPSA) is 122 Å². The van der Waals surface area contributed by atoms with Crippen LogP contribution in [0.3, 0.4) is 0 Å². The summed E-state index contributed by atoms with van der Waals surface area (Å²) in [6.45, 7) is 8.34. The second kappa shape index (κ2) is 10.7. The average Bonchev–Trinajstić information content (AvgIpc) is 3.41. The van der Waals surface area contributed by atoms with Gasteiger partial charge in [0, 0.05) is 32.9 Å². The summed E-state index contributed by atoms with van der Waals surface area (Å²) in [5.41, 5.74) is 2.43. The van der Waals surface area contributed by atoms with E-state index in [0.717, 1.165) is 31.6 Å². The summed E-state index contributed by atoms with van der Waals surface area (Å²) in [5, 5.41) is 13.9. The third-order valence-corrected chi connectivity index (χ3v) is 5.88. The van der Waals surface area contributed by atoms with Crippen LogP contribution in [0.4, 0.5) is 17.6 Å². The van der Waals surface area contributed by atoms with E-state index in [2.05, 4.69) is 38.0 Å². The van der Waals surface area contributed by atoms with Gasteiger partial charge in [-0.25, -0.2) is 9.97 Å².